The number of hydrogen-bond acceptors (Lipinski definition) is 1. The molecule has 1 N–H and O–H groups in total. The van der Waals surface area contributed by atoms with Crippen LogP contribution in [-0.4, -0.2) is 10.7 Å². The molecule has 1 atom stereocenters. The van der Waals surface area contributed by atoms with Gasteiger partial charge in [-0.05, 0) is 48.8 Å². The zero-order valence-corrected chi connectivity index (χ0v) is 9.60. The van der Waals surface area contributed by atoms with Gasteiger partial charge in [0.2, 0.25) is 0 Å². The molecule has 1 nitrogen and oxygen atoms in total. The highest BCUT2D eigenvalue weighted by atomic mass is 127. The Kier molecular flexibility index (Phi) is 3.35. The Bertz CT molecular complexity index is 220. The molecule has 0 heterocycles. The van der Waals surface area contributed by atoms with E-state index in [1.807, 2.05) is 6.92 Å². The van der Waals surface area contributed by atoms with Crippen LogP contribution >= 0.6 is 22.6 Å². The predicted octanol–water partition coefficient (Wildman–Crippen LogP) is 3.19. The molecular weight excluding hydrogens is 263 g/mol. The predicted molar refractivity (Wildman–Crippen MR) is 60.3 cm³/mol. The molecule has 12 heavy (non-hydrogen) atoms. The Morgan fingerprint density at radius 3 is 3.00 bits per heavy atom. The van der Waals surface area contributed by atoms with Gasteiger partial charge in [-0.15, -0.1) is 6.58 Å². The van der Waals surface area contributed by atoms with Crippen LogP contribution in [0.2, 0.25) is 0 Å². The molecule has 0 unspecified atom stereocenters. The molecule has 0 saturated carbocycles. The Hall–Kier alpha value is 0.170. The highest BCUT2D eigenvalue weighted by Crippen LogP contribution is 2.37. The van der Waals surface area contributed by atoms with Crippen molar-refractivity contribution in [3.63, 3.8) is 0 Å². The molecule has 1 aliphatic carbocycles. The molecule has 0 aromatic heterocycles. The van der Waals surface area contributed by atoms with Gasteiger partial charge < -0.3 is 5.11 Å². The summed E-state index contributed by atoms with van der Waals surface area (Å²) in [6, 6.07) is 0. The van der Waals surface area contributed by atoms with Crippen LogP contribution < -0.4 is 0 Å². The van der Waals surface area contributed by atoms with Gasteiger partial charge in [0, 0.05) is 10.0 Å². The highest BCUT2D eigenvalue weighted by molar-refractivity contribution is 14.1. The SMILES string of the molecule is C=C(C)C[C@@]1(O)CCCC=C1I. The van der Waals surface area contributed by atoms with Gasteiger partial charge in [-0.25, -0.2) is 0 Å². The third-order valence-corrected chi connectivity index (χ3v) is 3.60. The number of aliphatic hydroxyl groups is 1. The van der Waals surface area contributed by atoms with Gasteiger partial charge in [0.15, 0.2) is 0 Å². The van der Waals surface area contributed by atoms with Gasteiger partial charge in [0.1, 0.15) is 0 Å². The lowest BCUT2D eigenvalue weighted by Gasteiger charge is -2.31. The fraction of sp³-hybridized carbons (Fsp3) is 0.600. The van der Waals surface area contributed by atoms with Gasteiger partial charge in [-0.1, -0.05) is 11.6 Å². The first-order valence-corrected chi connectivity index (χ1v) is 5.35. The van der Waals surface area contributed by atoms with Crippen LogP contribution in [0.25, 0.3) is 0 Å². The maximum absolute atomic E-state index is 10.2. The van der Waals surface area contributed by atoms with E-state index in [2.05, 4.69) is 35.2 Å². The minimum Gasteiger partial charge on any atom is -0.384 e. The third kappa shape index (κ3) is 2.33. The smallest absolute Gasteiger partial charge is 0.0986 e. The molecule has 2 heteroatoms. The maximum Gasteiger partial charge on any atom is 0.0986 e. The van der Waals surface area contributed by atoms with E-state index in [9.17, 15) is 5.11 Å². The summed E-state index contributed by atoms with van der Waals surface area (Å²) in [7, 11) is 0. The van der Waals surface area contributed by atoms with Crippen LogP contribution in [0.5, 0.6) is 0 Å². The van der Waals surface area contributed by atoms with Gasteiger partial charge in [0.25, 0.3) is 0 Å². The molecule has 68 valence electrons. The van der Waals surface area contributed by atoms with Crippen LogP contribution in [0, 0.1) is 0 Å². The summed E-state index contributed by atoms with van der Waals surface area (Å²) in [5.74, 6) is 0. The van der Waals surface area contributed by atoms with Crippen LogP contribution in [0.4, 0.5) is 0 Å². The summed E-state index contributed by atoms with van der Waals surface area (Å²) in [6.45, 7) is 5.81. The lowest BCUT2D eigenvalue weighted by molar-refractivity contribution is 0.0732. The number of halogens is 1. The molecule has 0 bridgehead atoms. The minimum atomic E-state index is -0.593. The van der Waals surface area contributed by atoms with Crippen molar-refractivity contribution in [2.75, 3.05) is 0 Å². The molecule has 1 rings (SSSR count). The number of hydrogen-bond donors (Lipinski definition) is 1. The summed E-state index contributed by atoms with van der Waals surface area (Å²) in [5.41, 5.74) is 0.465. The van der Waals surface area contributed by atoms with E-state index in [-0.39, 0.29) is 0 Å². The highest BCUT2D eigenvalue weighted by Gasteiger charge is 2.31. The van der Waals surface area contributed by atoms with Gasteiger partial charge >= 0.3 is 0 Å². The van der Waals surface area contributed by atoms with Crippen molar-refractivity contribution in [2.45, 2.75) is 38.2 Å². The quantitative estimate of drug-likeness (QED) is 0.607. The average Bonchev–Trinajstić information content (AvgIpc) is 1.94. The molecule has 0 aromatic rings. The van der Waals surface area contributed by atoms with Crippen molar-refractivity contribution in [1.29, 1.82) is 0 Å². The molecule has 0 aliphatic heterocycles. The van der Waals surface area contributed by atoms with E-state index in [4.69, 9.17) is 0 Å². The molecule has 0 fully saturated rings. The van der Waals surface area contributed by atoms with Gasteiger partial charge in [-0.2, -0.15) is 0 Å². The van der Waals surface area contributed by atoms with Crippen molar-refractivity contribution in [1.82, 2.24) is 0 Å². The normalized spacial score (nSPS) is 29.8. The molecule has 0 aromatic carbocycles. The van der Waals surface area contributed by atoms with E-state index >= 15 is 0 Å². The zero-order valence-electron chi connectivity index (χ0n) is 7.44. The fourth-order valence-corrected chi connectivity index (χ4v) is 2.38. The molecular formula is C10H15IO. The topological polar surface area (TPSA) is 20.2 Å². The second-order valence-corrected chi connectivity index (χ2v) is 4.77. The Balaban J connectivity index is 2.74. The standard InChI is InChI=1S/C10H15IO/c1-8(2)7-10(12)6-4-3-5-9(10)11/h5,12H,1,3-4,6-7H2,2H3/t10-/m0/s1. The summed E-state index contributed by atoms with van der Waals surface area (Å²) in [5, 5.41) is 10.2. The van der Waals surface area contributed by atoms with Crippen LogP contribution in [-0.2, 0) is 0 Å². The van der Waals surface area contributed by atoms with Crippen molar-refractivity contribution in [3.05, 3.63) is 21.8 Å². The number of allylic oxidation sites excluding steroid dienone is 1. The minimum absolute atomic E-state index is 0.593. The maximum atomic E-state index is 10.2. The first kappa shape index (κ1) is 10.3. The summed E-state index contributed by atoms with van der Waals surface area (Å²) >= 11 is 2.24. The first-order valence-electron chi connectivity index (χ1n) is 4.27. The van der Waals surface area contributed by atoms with Crippen molar-refractivity contribution < 1.29 is 5.11 Å². The van der Waals surface area contributed by atoms with Crippen LogP contribution in [0.15, 0.2) is 21.8 Å². The van der Waals surface area contributed by atoms with Crippen LogP contribution in [0.1, 0.15) is 32.6 Å². The molecule has 1 aliphatic rings. The second kappa shape index (κ2) is 3.92. The molecule has 0 spiro atoms. The lowest BCUT2D eigenvalue weighted by atomic mass is 9.86. The Morgan fingerprint density at radius 2 is 2.50 bits per heavy atom. The third-order valence-electron chi connectivity index (χ3n) is 2.16. The van der Waals surface area contributed by atoms with E-state index in [0.717, 1.165) is 28.4 Å². The van der Waals surface area contributed by atoms with Gasteiger partial charge in [-0.3, -0.25) is 0 Å². The summed E-state index contributed by atoms with van der Waals surface area (Å²) in [6.07, 6.45) is 5.93. The molecule has 0 radical (unpaired) electrons. The Labute approximate surface area is 87.7 Å². The first-order chi connectivity index (χ1) is 5.54. The van der Waals surface area contributed by atoms with E-state index in [1.54, 1.807) is 0 Å². The lowest BCUT2D eigenvalue weighted by Crippen LogP contribution is -2.31. The largest absolute Gasteiger partial charge is 0.384 e. The fourth-order valence-electron chi connectivity index (χ4n) is 1.60. The number of rotatable bonds is 2. The molecule has 0 amide bonds. The molecule has 0 saturated heterocycles. The summed E-state index contributed by atoms with van der Waals surface area (Å²) in [4.78, 5) is 0. The van der Waals surface area contributed by atoms with Crippen LogP contribution in [0.3, 0.4) is 0 Å². The zero-order chi connectivity index (χ0) is 9.19. The summed E-state index contributed by atoms with van der Waals surface area (Å²) < 4.78 is 1.09. The van der Waals surface area contributed by atoms with E-state index < -0.39 is 5.60 Å². The monoisotopic (exact) mass is 278 g/mol. The van der Waals surface area contributed by atoms with Crippen molar-refractivity contribution in [3.8, 4) is 0 Å². The Morgan fingerprint density at radius 1 is 1.83 bits per heavy atom. The van der Waals surface area contributed by atoms with Gasteiger partial charge in [0.05, 0.1) is 5.60 Å². The van der Waals surface area contributed by atoms with Crippen molar-refractivity contribution >= 4 is 22.6 Å². The average molecular weight is 278 g/mol. The van der Waals surface area contributed by atoms with E-state index in [1.165, 1.54) is 0 Å². The second-order valence-electron chi connectivity index (χ2n) is 3.61. The van der Waals surface area contributed by atoms with E-state index in [0.29, 0.717) is 6.42 Å². The van der Waals surface area contributed by atoms with Crippen molar-refractivity contribution in [2.24, 2.45) is 0 Å².